The predicted molar refractivity (Wildman–Crippen MR) is 88.2 cm³/mol. The van der Waals surface area contributed by atoms with Gasteiger partial charge < -0.3 is 20.1 Å². The molecule has 0 unspecified atom stereocenters. The molecule has 2 amide bonds. The SMILES string of the molecule is C[C@H](CNC(=O)N[C@@H]1C[C@H]1c1ccccc1F)CC1(C)OCCO1. The molecule has 3 rings (SSSR count). The summed E-state index contributed by atoms with van der Waals surface area (Å²) in [6.45, 7) is 5.77. The number of urea groups is 1. The first-order valence-electron chi connectivity index (χ1n) is 8.53. The van der Waals surface area contributed by atoms with Gasteiger partial charge in [0.05, 0.1) is 13.2 Å². The molecule has 1 saturated heterocycles. The van der Waals surface area contributed by atoms with Crippen LogP contribution in [0.4, 0.5) is 9.18 Å². The zero-order chi connectivity index (χ0) is 17.2. The number of hydrogen-bond donors (Lipinski definition) is 2. The first kappa shape index (κ1) is 17.2. The molecule has 0 spiro atoms. The van der Waals surface area contributed by atoms with E-state index in [2.05, 4.69) is 17.6 Å². The molecule has 1 aliphatic carbocycles. The minimum atomic E-state index is -0.538. The zero-order valence-corrected chi connectivity index (χ0v) is 14.2. The van der Waals surface area contributed by atoms with E-state index in [1.54, 1.807) is 12.1 Å². The molecule has 0 aromatic heterocycles. The number of carbonyl (C=O) groups excluding carboxylic acids is 1. The number of carbonyl (C=O) groups is 1. The van der Waals surface area contributed by atoms with Gasteiger partial charge >= 0.3 is 6.03 Å². The summed E-state index contributed by atoms with van der Waals surface area (Å²) in [4.78, 5) is 12.0. The standard InChI is InChI=1S/C18H25FN2O3/c1-12(10-18(2)23-7-8-24-18)11-20-17(22)21-16-9-14(16)13-5-3-4-6-15(13)19/h3-6,12,14,16H,7-11H2,1-2H3,(H2,20,21,22)/t12-,14-,16+/m0/s1. The van der Waals surface area contributed by atoms with E-state index < -0.39 is 5.79 Å². The highest BCUT2D eigenvalue weighted by atomic mass is 19.1. The lowest BCUT2D eigenvalue weighted by Gasteiger charge is -2.26. The van der Waals surface area contributed by atoms with E-state index >= 15 is 0 Å². The van der Waals surface area contributed by atoms with Crippen molar-refractivity contribution in [1.82, 2.24) is 10.6 Å². The maximum Gasteiger partial charge on any atom is 0.315 e. The van der Waals surface area contributed by atoms with Gasteiger partial charge in [-0.1, -0.05) is 25.1 Å². The number of hydrogen-bond acceptors (Lipinski definition) is 3. The van der Waals surface area contributed by atoms with Crippen molar-refractivity contribution in [3.8, 4) is 0 Å². The van der Waals surface area contributed by atoms with Crippen molar-refractivity contribution in [2.75, 3.05) is 19.8 Å². The monoisotopic (exact) mass is 336 g/mol. The highest BCUT2D eigenvalue weighted by molar-refractivity contribution is 5.74. The molecule has 2 N–H and O–H groups in total. The van der Waals surface area contributed by atoms with Crippen LogP contribution in [0.3, 0.4) is 0 Å². The van der Waals surface area contributed by atoms with Gasteiger partial charge in [-0.2, -0.15) is 0 Å². The van der Waals surface area contributed by atoms with E-state index in [9.17, 15) is 9.18 Å². The molecule has 1 saturated carbocycles. The zero-order valence-electron chi connectivity index (χ0n) is 14.2. The fourth-order valence-electron chi connectivity index (χ4n) is 3.34. The summed E-state index contributed by atoms with van der Waals surface area (Å²) < 4.78 is 24.9. The normalized spacial score (nSPS) is 26.0. The molecule has 0 radical (unpaired) electrons. The van der Waals surface area contributed by atoms with E-state index in [1.807, 2.05) is 13.0 Å². The summed E-state index contributed by atoms with van der Waals surface area (Å²) in [7, 11) is 0. The Morgan fingerprint density at radius 2 is 2.08 bits per heavy atom. The van der Waals surface area contributed by atoms with Crippen molar-refractivity contribution in [2.24, 2.45) is 5.92 Å². The third-order valence-electron chi connectivity index (χ3n) is 4.64. The van der Waals surface area contributed by atoms with Gasteiger partial charge in [0.2, 0.25) is 0 Å². The van der Waals surface area contributed by atoms with Gasteiger partial charge in [-0.3, -0.25) is 0 Å². The average molecular weight is 336 g/mol. The maximum absolute atomic E-state index is 13.7. The van der Waals surface area contributed by atoms with E-state index in [-0.39, 0.29) is 29.7 Å². The summed E-state index contributed by atoms with van der Waals surface area (Å²) in [5, 5.41) is 5.79. The van der Waals surface area contributed by atoms with Gasteiger partial charge in [0.15, 0.2) is 5.79 Å². The summed E-state index contributed by atoms with van der Waals surface area (Å²) in [5.41, 5.74) is 0.680. The van der Waals surface area contributed by atoms with Crippen LogP contribution in [0.5, 0.6) is 0 Å². The van der Waals surface area contributed by atoms with E-state index in [0.29, 0.717) is 25.3 Å². The summed E-state index contributed by atoms with van der Waals surface area (Å²) in [6.07, 6.45) is 1.51. The van der Waals surface area contributed by atoms with Crippen molar-refractivity contribution in [3.05, 3.63) is 35.6 Å². The van der Waals surface area contributed by atoms with Gasteiger partial charge in [0.25, 0.3) is 0 Å². The minimum Gasteiger partial charge on any atom is -0.348 e. The molecule has 2 fully saturated rings. The summed E-state index contributed by atoms with van der Waals surface area (Å²) >= 11 is 0. The molecule has 132 valence electrons. The number of halogens is 1. The van der Waals surface area contributed by atoms with Crippen molar-refractivity contribution in [2.45, 2.75) is 44.4 Å². The smallest absolute Gasteiger partial charge is 0.315 e. The lowest BCUT2D eigenvalue weighted by Crippen LogP contribution is -2.40. The molecule has 5 nitrogen and oxygen atoms in total. The molecule has 24 heavy (non-hydrogen) atoms. The molecule has 1 aromatic rings. The molecular formula is C18H25FN2O3. The second-order valence-electron chi connectivity index (χ2n) is 6.96. The van der Waals surface area contributed by atoms with E-state index in [0.717, 1.165) is 12.8 Å². The Hall–Kier alpha value is -1.66. The van der Waals surface area contributed by atoms with Crippen molar-refractivity contribution >= 4 is 6.03 Å². The topological polar surface area (TPSA) is 59.6 Å². The third kappa shape index (κ3) is 4.24. The summed E-state index contributed by atoms with van der Waals surface area (Å²) in [5.74, 6) is -0.427. The Bertz CT molecular complexity index is 589. The van der Waals surface area contributed by atoms with Crippen molar-refractivity contribution in [1.29, 1.82) is 0 Å². The fourth-order valence-corrected chi connectivity index (χ4v) is 3.34. The highest BCUT2D eigenvalue weighted by Gasteiger charge is 2.41. The van der Waals surface area contributed by atoms with Crippen LogP contribution in [-0.2, 0) is 9.47 Å². The van der Waals surface area contributed by atoms with Crippen LogP contribution in [0.1, 0.15) is 38.2 Å². The van der Waals surface area contributed by atoms with Crippen LogP contribution in [0.2, 0.25) is 0 Å². The number of ether oxygens (including phenoxy) is 2. The van der Waals surface area contributed by atoms with Crippen LogP contribution in [0.15, 0.2) is 24.3 Å². The van der Waals surface area contributed by atoms with Crippen LogP contribution in [0.25, 0.3) is 0 Å². The lowest BCUT2D eigenvalue weighted by molar-refractivity contribution is -0.153. The number of rotatable bonds is 6. The van der Waals surface area contributed by atoms with E-state index in [1.165, 1.54) is 6.07 Å². The molecular weight excluding hydrogens is 311 g/mol. The predicted octanol–water partition coefficient (Wildman–Crippen LogP) is 2.77. The molecule has 6 heteroatoms. The van der Waals surface area contributed by atoms with Gasteiger partial charge in [-0.25, -0.2) is 9.18 Å². The maximum atomic E-state index is 13.7. The Morgan fingerprint density at radius 1 is 1.38 bits per heavy atom. The van der Waals surface area contributed by atoms with Crippen LogP contribution < -0.4 is 10.6 Å². The first-order chi connectivity index (χ1) is 11.5. The quantitative estimate of drug-likeness (QED) is 0.840. The molecule has 2 aliphatic rings. The highest BCUT2D eigenvalue weighted by Crippen LogP contribution is 2.41. The van der Waals surface area contributed by atoms with Crippen LogP contribution in [0, 0.1) is 11.7 Å². The molecule has 3 atom stereocenters. The number of amides is 2. The van der Waals surface area contributed by atoms with Gasteiger partial charge in [0.1, 0.15) is 5.82 Å². The minimum absolute atomic E-state index is 0.0104. The lowest BCUT2D eigenvalue weighted by atomic mass is 10.0. The van der Waals surface area contributed by atoms with Gasteiger partial charge in [-0.05, 0) is 30.9 Å². The number of benzene rings is 1. The average Bonchev–Trinajstić information content (AvgIpc) is 3.16. The van der Waals surface area contributed by atoms with E-state index in [4.69, 9.17) is 9.47 Å². The number of nitrogens with one attached hydrogen (secondary N) is 2. The summed E-state index contributed by atoms with van der Waals surface area (Å²) in [6, 6.07) is 6.55. The van der Waals surface area contributed by atoms with Crippen LogP contribution >= 0.6 is 0 Å². The van der Waals surface area contributed by atoms with Gasteiger partial charge in [-0.15, -0.1) is 0 Å². The Labute approximate surface area is 141 Å². The molecule has 1 heterocycles. The second kappa shape index (κ2) is 7.07. The third-order valence-corrected chi connectivity index (χ3v) is 4.64. The second-order valence-corrected chi connectivity index (χ2v) is 6.96. The Morgan fingerprint density at radius 3 is 2.79 bits per heavy atom. The Balaban J connectivity index is 1.38. The van der Waals surface area contributed by atoms with Crippen LogP contribution in [-0.4, -0.2) is 37.6 Å². The Kier molecular flexibility index (Phi) is 5.06. The molecule has 1 aliphatic heterocycles. The van der Waals surface area contributed by atoms with Crippen molar-refractivity contribution < 1.29 is 18.7 Å². The van der Waals surface area contributed by atoms with Gasteiger partial charge in [0, 0.05) is 24.9 Å². The fraction of sp³-hybridized carbons (Fsp3) is 0.611. The van der Waals surface area contributed by atoms with Crippen molar-refractivity contribution in [3.63, 3.8) is 0 Å². The molecule has 0 bridgehead atoms. The largest absolute Gasteiger partial charge is 0.348 e. The molecule has 1 aromatic carbocycles. The first-order valence-corrected chi connectivity index (χ1v) is 8.53.